The Morgan fingerprint density at radius 2 is 1.80 bits per heavy atom. The van der Waals surface area contributed by atoms with Gasteiger partial charge in [0.2, 0.25) is 0 Å². The second-order valence-electron chi connectivity index (χ2n) is 0.0690. The van der Waals surface area contributed by atoms with Crippen molar-refractivity contribution in [3.8, 4) is 0 Å². The van der Waals surface area contributed by atoms with Gasteiger partial charge in [0.25, 0.3) is 0 Å². The molecule has 0 unspecified atom stereocenters. The second-order valence-corrected chi connectivity index (χ2v) is 0.207. The molecule has 0 fully saturated rings. The third-order valence-corrected chi connectivity index (χ3v) is 0. The zero-order valence-electron chi connectivity index (χ0n) is 3.59. The van der Waals surface area contributed by atoms with Crippen LogP contribution in [0.2, 0.25) is 0 Å². The van der Waals surface area contributed by atoms with Gasteiger partial charge in [0, 0.05) is 24.2 Å². The van der Waals surface area contributed by atoms with E-state index in [1.54, 1.807) is 4.70 Å². The maximum absolute atomic E-state index is 8.32. The van der Waals surface area contributed by atoms with Gasteiger partial charge in [-0.2, -0.15) is 0 Å². The van der Waals surface area contributed by atoms with Crippen LogP contribution >= 0.6 is 11.8 Å². The third kappa shape index (κ3) is 22.9. The fourth-order valence-corrected chi connectivity index (χ4v) is 0. The Morgan fingerprint density at radius 3 is 1.80 bits per heavy atom. The van der Waals surface area contributed by atoms with Gasteiger partial charge in [-0.1, -0.05) is 0 Å². The van der Waals surface area contributed by atoms with E-state index in [0.717, 1.165) is 0 Å². The van der Waals surface area contributed by atoms with Crippen LogP contribution in [-0.2, 0) is 19.5 Å². The molecule has 2 nitrogen and oxygen atoms in total. The molecule has 0 saturated carbocycles. The summed E-state index contributed by atoms with van der Waals surface area (Å²) in [6.07, 6.45) is 0. The number of nitrogens with zero attached hydrogens (tertiary/aromatic N) is 1. The van der Waals surface area contributed by atoms with Crippen LogP contribution in [0.1, 0.15) is 1.43 Å². The van der Waals surface area contributed by atoms with Crippen molar-refractivity contribution in [3.63, 3.8) is 0 Å². The zero-order valence-corrected chi connectivity index (χ0v) is 8.20. The molecule has 0 spiro atoms. The van der Waals surface area contributed by atoms with Crippen LogP contribution in [-0.4, -0.2) is 0 Å². The van der Waals surface area contributed by atoms with Crippen molar-refractivity contribution in [1.82, 2.24) is 0 Å². The Hall–Kier alpha value is 2.15. The summed E-state index contributed by atoms with van der Waals surface area (Å²) in [5.41, 5.74) is 0. The molecule has 0 saturated heterocycles. The summed E-state index contributed by atoms with van der Waals surface area (Å²) < 4.78 is 1.72. The van der Waals surface area contributed by atoms with Crippen LogP contribution in [0, 0.1) is 4.91 Å². The monoisotopic (exact) mass is 207 g/mol. The zero-order chi connectivity index (χ0) is 2.71. The summed E-state index contributed by atoms with van der Waals surface area (Å²) in [6.45, 7) is 0. The first-order chi connectivity index (χ1) is 1.41. The number of hydrogen-bond acceptors (Lipinski definition) is 2. The molecule has 0 aliphatic heterocycles. The summed E-state index contributed by atoms with van der Waals surface area (Å²) in [5.74, 6) is 0. The Kier molecular flexibility index (Phi) is 51.6. The second kappa shape index (κ2) is 16.4. The topological polar surface area (TPSA) is 29.4 Å². The average Bonchev–Trinajstić information content (AvgIpc) is 0.918. The van der Waals surface area contributed by atoms with E-state index in [4.69, 9.17) is 4.91 Å². The van der Waals surface area contributed by atoms with Crippen LogP contribution < -0.4 is 51.4 Å². The summed E-state index contributed by atoms with van der Waals surface area (Å²) in [4.78, 5) is 8.32. The largest absolute Gasteiger partial charge is 1.00 e. The molecular formula is HClKNORu. The van der Waals surface area contributed by atoms with Crippen molar-refractivity contribution in [2.75, 3.05) is 0 Å². The quantitative estimate of drug-likeness (QED) is 0.334. The van der Waals surface area contributed by atoms with Crippen LogP contribution in [0.3, 0.4) is 0 Å². The molecule has 0 heterocycles. The van der Waals surface area contributed by atoms with E-state index in [-0.39, 0.29) is 72.3 Å². The molecule has 0 N–H and O–H groups in total. The smallest absolute Gasteiger partial charge is 1.00 e. The Labute approximate surface area is 91.8 Å². The minimum absolute atomic E-state index is 0. The van der Waals surface area contributed by atoms with Gasteiger partial charge in [0.1, 0.15) is 0 Å². The van der Waals surface area contributed by atoms with Gasteiger partial charge in [-0.15, -0.1) is 4.91 Å². The van der Waals surface area contributed by atoms with Crippen LogP contribution in [0.25, 0.3) is 0 Å². The van der Waals surface area contributed by atoms with Gasteiger partial charge in [-0.25, -0.2) is 0 Å². The summed E-state index contributed by atoms with van der Waals surface area (Å²) in [6, 6.07) is 0. The molecule has 0 aromatic rings. The van der Waals surface area contributed by atoms with E-state index in [9.17, 15) is 0 Å². The summed E-state index contributed by atoms with van der Waals surface area (Å²) >= 11 is 4.07. The molecule has 0 aromatic heterocycles. The fourth-order valence-electron chi connectivity index (χ4n) is 0. The predicted molar refractivity (Wildman–Crippen MR) is 12.8 cm³/mol. The average molecular weight is 207 g/mol. The molecule has 0 aliphatic carbocycles. The molecule has 0 amide bonds. The van der Waals surface area contributed by atoms with E-state index in [0.29, 0.717) is 0 Å². The number of hydrogen-bond donors (Lipinski definition) is 0. The first-order valence-electron chi connectivity index (χ1n) is 0.352. The maximum Gasteiger partial charge on any atom is 1.00 e. The van der Waals surface area contributed by atoms with Crippen LogP contribution in [0.5, 0.6) is 0 Å². The Bertz CT molecular complexity index is 23.0. The molecule has 0 rings (SSSR count). The van der Waals surface area contributed by atoms with Crippen molar-refractivity contribution < 1.29 is 72.3 Å². The van der Waals surface area contributed by atoms with Crippen LogP contribution in [0.15, 0.2) is 4.70 Å². The minimum Gasteiger partial charge on any atom is -1.00 e. The first kappa shape index (κ1) is 15.7. The normalized spacial score (nSPS) is 2.60. The van der Waals surface area contributed by atoms with Crippen molar-refractivity contribution in [1.29, 1.82) is 0 Å². The van der Waals surface area contributed by atoms with Gasteiger partial charge in [-0.3, -0.25) is 0 Å². The van der Waals surface area contributed by atoms with Crippen molar-refractivity contribution >= 4 is 11.8 Å². The SMILES string of the molecule is O=NCl.[H-].[K+].[Ru]. The van der Waals surface area contributed by atoms with E-state index in [1.807, 2.05) is 0 Å². The van der Waals surface area contributed by atoms with Gasteiger partial charge in [0.15, 0.2) is 0 Å². The first-order valence-corrected chi connectivity index (χ1v) is 0.690. The van der Waals surface area contributed by atoms with E-state index < -0.39 is 0 Å². The summed E-state index contributed by atoms with van der Waals surface area (Å²) in [7, 11) is 0. The Balaban J connectivity index is -0.00000000667. The molecule has 0 aliphatic rings. The number of halogens is 1. The number of nitroso groups, excluding NO2 is 1. The van der Waals surface area contributed by atoms with Gasteiger partial charge in [-0.05, 0) is 0 Å². The molecule has 0 radical (unpaired) electrons. The Morgan fingerprint density at radius 1 is 1.80 bits per heavy atom. The molecule has 5 heteroatoms. The fraction of sp³-hybridized carbons (Fsp3) is 0. The van der Waals surface area contributed by atoms with Gasteiger partial charge in [0.05, 0.1) is 11.8 Å². The minimum atomic E-state index is 0. The standard InChI is InChI=1S/ClNO.K.Ru.H/c1-2-3;;;/q;+1;;-1. The van der Waals surface area contributed by atoms with E-state index in [1.165, 1.54) is 0 Å². The molecule has 0 atom stereocenters. The van der Waals surface area contributed by atoms with E-state index >= 15 is 0 Å². The maximum atomic E-state index is 8.32. The van der Waals surface area contributed by atoms with Crippen molar-refractivity contribution in [2.24, 2.45) is 4.70 Å². The van der Waals surface area contributed by atoms with Gasteiger partial charge < -0.3 is 1.43 Å². The van der Waals surface area contributed by atoms with Crippen LogP contribution in [0.4, 0.5) is 0 Å². The third-order valence-electron chi connectivity index (χ3n) is 0. The van der Waals surface area contributed by atoms with Crippen molar-refractivity contribution in [2.45, 2.75) is 0 Å². The summed E-state index contributed by atoms with van der Waals surface area (Å²) in [5, 5.41) is 0. The molecule has 0 aromatic carbocycles. The molecule has 0 bridgehead atoms. The molecule has 28 valence electrons. The predicted octanol–water partition coefficient (Wildman–Crippen LogP) is -1.98. The molecular weight excluding hydrogens is 206 g/mol. The number of rotatable bonds is 0. The molecule has 5 heavy (non-hydrogen) atoms. The van der Waals surface area contributed by atoms with Crippen molar-refractivity contribution in [3.05, 3.63) is 4.91 Å². The van der Waals surface area contributed by atoms with Gasteiger partial charge >= 0.3 is 51.4 Å². The van der Waals surface area contributed by atoms with E-state index in [2.05, 4.69) is 11.8 Å².